The predicted octanol–water partition coefficient (Wildman–Crippen LogP) is 3.20. The summed E-state index contributed by atoms with van der Waals surface area (Å²) in [6, 6.07) is 21.5. The van der Waals surface area contributed by atoms with Crippen LogP contribution < -0.4 is 5.32 Å². The van der Waals surface area contributed by atoms with Gasteiger partial charge >= 0.3 is 0 Å². The fourth-order valence-corrected chi connectivity index (χ4v) is 5.15. The highest BCUT2D eigenvalue weighted by molar-refractivity contribution is 5.94. The smallest absolute Gasteiger partial charge is 0.255 e. The third-order valence-electron chi connectivity index (χ3n) is 7.11. The highest BCUT2D eigenvalue weighted by Crippen LogP contribution is 2.29. The minimum absolute atomic E-state index is 0.0777. The molecule has 5 rings (SSSR count). The summed E-state index contributed by atoms with van der Waals surface area (Å²) in [6.07, 6.45) is 3.27. The first-order chi connectivity index (χ1) is 18.6. The molecule has 198 valence electrons. The Balaban J connectivity index is 1.16. The second-order valence-corrected chi connectivity index (χ2v) is 9.88. The van der Waals surface area contributed by atoms with Crippen molar-refractivity contribution in [3.05, 3.63) is 90.3 Å². The van der Waals surface area contributed by atoms with Crippen molar-refractivity contribution >= 4 is 11.8 Å². The number of aliphatic hydroxyl groups excluding tert-OH is 1. The molecule has 4 atom stereocenters. The Bertz CT molecular complexity index is 1210. The van der Waals surface area contributed by atoms with Gasteiger partial charge in [0.25, 0.3) is 5.91 Å². The standard InChI is InChI=1S/C30H33N3O5/c34-25-18-33(30(36)24-7-4-14-31-17-24)27-13-12-26(38-28(27)20-37-19-25)15-29(35)32-16-21-8-10-23(11-9-21)22-5-2-1-3-6-22/h1-11,14,17,25-28,34H,12-13,15-16,18-20H2,(H,32,35)/t25-,26-,27+,28-/m0/s1. The largest absolute Gasteiger partial charge is 0.389 e. The van der Waals surface area contributed by atoms with Crippen molar-refractivity contribution in [2.24, 2.45) is 0 Å². The van der Waals surface area contributed by atoms with Gasteiger partial charge in [0, 0.05) is 25.5 Å². The van der Waals surface area contributed by atoms with Gasteiger partial charge in [-0.25, -0.2) is 0 Å². The van der Waals surface area contributed by atoms with Gasteiger partial charge in [0.1, 0.15) is 6.10 Å². The number of ether oxygens (including phenoxy) is 2. The number of benzene rings is 2. The fourth-order valence-electron chi connectivity index (χ4n) is 5.15. The molecule has 1 aromatic heterocycles. The second-order valence-electron chi connectivity index (χ2n) is 9.88. The molecule has 0 aliphatic carbocycles. The molecule has 2 saturated heterocycles. The molecule has 3 heterocycles. The highest BCUT2D eigenvalue weighted by atomic mass is 16.5. The summed E-state index contributed by atoms with van der Waals surface area (Å²) in [5.74, 6) is -0.266. The van der Waals surface area contributed by atoms with Crippen molar-refractivity contribution in [3.63, 3.8) is 0 Å². The molecule has 2 aliphatic heterocycles. The molecule has 8 heteroatoms. The van der Waals surface area contributed by atoms with Crippen LogP contribution >= 0.6 is 0 Å². The Labute approximate surface area is 222 Å². The average molecular weight is 516 g/mol. The molecule has 0 radical (unpaired) electrons. The molecular weight excluding hydrogens is 482 g/mol. The number of carbonyl (C=O) groups excluding carboxylic acids is 2. The lowest BCUT2D eigenvalue weighted by Gasteiger charge is -2.44. The van der Waals surface area contributed by atoms with Crippen LogP contribution in [0.3, 0.4) is 0 Å². The second kappa shape index (κ2) is 12.3. The number of aliphatic hydroxyl groups is 1. The quantitative estimate of drug-likeness (QED) is 0.523. The molecule has 2 N–H and O–H groups in total. The SMILES string of the molecule is O=C(C[C@@H]1CC[C@@H]2[C@H](COC[C@@H](O)CN2C(=O)c2cccnc2)O1)NCc1ccc(-c2ccccc2)cc1. The molecule has 0 bridgehead atoms. The highest BCUT2D eigenvalue weighted by Gasteiger charge is 2.40. The van der Waals surface area contributed by atoms with E-state index in [1.165, 1.54) is 6.20 Å². The Hall–Kier alpha value is -3.59. The van der Waals surface area contributed by atoms with Gasteiger partial charge in [0.05, 0.1) is 43.4 Å². The number of amides is 2. The van der Waals surface area contributed by atoms with Crippen LogP contribution in [-0.2, 0) is 20.8 Å². The number of nitrogens with zero attached hydrogens (tertiary/aromatic N) is 2. The summed E-state index contributed by atoms with van der Waals surface area (Å²) in [7, 11) is 0. The Morgan fingerprint density at radius 2 is 1.76 bits per heavy atom. The maximum atomic E-state index is 13.3. The van der Waals surface area contributed by atoms with Crippen molar-refractivity contribution in [3.8, 4) is 11.1 Å². The summed E-state index contributed by atoms with van der Waals surface area (Å²) in [6.45, 7) is 0.982. The van der Waals surface area contributed by atoms with Crippen molar-refractivity contribution in [2.75, 3.05) is 19.8 Å². The number of nitrogens with one attached hydrogen (secondary N) is 1. The van der Waals surface area contributed by atoms with Gasteiger partial charge in [-0.05, 0) is 41.7 Å². The summed E-state index contributed by atoms with van der Waals surface area (Å²) in [5, 5.41) is 13.3. The molecule has 38 heavy (non-hydrogen) atoms. The van der Waals surface area contributed by atoms with Crippen LogP contribution in [0.2, 0.25) is 0 Å². The van der Waals surface area contributed by atoms with Crippen molar-refractivity contribution in [2.45, 2.75) is 50.2 Å². The number of hydrogen-bond donors (Lipinski definition) is 2. The minimum Gasteiger partial charge on any atom is -0.389 e. The average Bonchev–Trinajstić information content (AvgIpc) is 2.95. The molecule has 2 aromatic carbocycles. The zero-order valence-corrected chi connectivity index (χ0v) is 21.2. The zero-order valence-electron chi connectivity index (χ0n) is 21.2. The van der Waals surface area contributed by atoms with Gasteiger partial charge < -0.3 is 24.8 Å². The summed E-state index contributed by atoms with van der Waals surface area (Å²) < 4.78 is 12.0. The van der Waals surface area contributed by atoms with E-state index >= 15 is 0 Å². The van der Waals surface area contributed by atoms with E-state index in [2.05, 4.69) is 34.6 Å². The number of β-amino-alcohol motifs (C(OH)–C–C–N with tert-alkyl or cyclic N) is 1. The summed E-state index contributed by atoms with van der Waals surface area (Å²) in [4.78, 5) is 31.7. The summed E-state index contributed by atoms with van der Waals surface area (Å²) in [5.41, 5.74) is 3.79. The molecule has 0 spiro atoms. The van der Waals surface area contributed by atoms with Crippen LogP contribution in [0.4, 0.5) is 0 Å². The van der Waals surface area contributed by atoms with Gasteiger partial charge in [-0.3, -0.25) is 14.6 Å². The van der Waals surface area contributed by atoms with Gasteiger partial charge in [0.15, 0.2) is 0 Å². The lowest BCUT2D eigenvalue weighted by atomic mass is 9.94. The van der Waals surface area contributed by atoms with E-state index in [1.54, 1.807) is 23.2 Å². The maximum Gasteiger partial charge on any atom is 0.255 e. The topological polar surface area (TPSA) is 101 Å². The number of pyridine rings is 1. The monoisotopic (exact) mass is 515 g/mol. The molecule has 2 fully saturated rings. The molecule has 2 aliphatic rings. The lowest BCUT2D eigenvalue weighted by Crippen LogP contribution is -2.57. The van der Waals surface area contributed by atoms with Crippen LogP contribution in [0.25, 0.3) is 11.1 Å². The molecule has 0 saturated carbocycles. The Kier molecular flexibility index (Phi) is 8.43. The molecule has 8 nitrogen and oxygen atoms in total. The first-order valence-electron chi connectivity index (χ1n) is 13.1. The summed E-state index contributed by atoms with van der Waals surface area (Å²) >= 11 is 0. The number of fused-ring (bicyclic) bond motifs is 1. The zero-order chi connectivity index (χ0) is 26.3. The molecule has 0 unspecified atom stereocenters. The normalized spacial score (nSPS) is 23.6. The lowest BCUT2D eigenvalue weighted by molar-refractivity contribution is -0.151. The maximum absolute atomic E-state index is 13.3. The van der Waals surface area contributed by atoms with E-state index in [1.807, 2.05) is 30.3 Å². The van der Waals surface area contributed by atoms with Crippen molar-refractivity contribution < 1.29 is 24.2 Å². The minimum atomic E-state index is -0.776. The van der Waals surface area contributed by atoms with Gasteiger partial charge in [-0.2, -0.15) is 0 Å². The van der Waals surface area contributed by atoms with E-state index in [4.69, 9.17) is 9.47 Å². The number of rotatable bonds is 6. The van der Waals surface area contributed by atoms with E-state index in [0.29, 0.717) is 24.9 Å². The van der Waals surface area contributed by atoms with Gasteiger partial charge in [-0.15, -0.1) is 0 Å². The number of hydrogen-bond acceptors (Lipinski definition) is 6. The van der Waals surface area contributed by atoms with Crippen LogP contribution in [0.5, 0.6) is 0 Å². The number of carbonyl (C=O) groups is 2. The van der Waals surface area contributed by atoms with Gasteiger partial charge in [0.2, 0.25) is 5.91 Å². The first kappa shape index (κ1) is 26.0. The van der Waals surface area contributed by atoms with Crippen molar-refractivity contribution in [1.29, 1.82) is 0 Å². The van der Waals surface area contributed by atoms with Gasteiger partial charge in [-0.1, -0.05) is 54.6 Å². The van der Waals surface area contributed by atoms with E-state index in [0.717, 1.165) is 16.7 Å². The Morgan fingerprint density at radius 1 is 0.974 bits per heavy atom. The molecular formula is C30H33N3O5. The van der Waals surface area contributed by atoms with Crippen LogP contribution in [0.1, 0.15) is 35.2 Å². The first-order valence-corrected chi connectivity index (χ1v) is 13.1. The fraction of sp³-hybridized carbons (Fsp3) is 0.367. The van der Waals surface area contributed by atoms with E-state index < -0.39 is 6.10 Å². The Morgan fingerprint density at radius 3 is 2.53 bits per heavy atom. The van der Waals surface area contributed by atoms with Crippen molar-refractivity contribution in [1.82, 2.24) is 15.2 Å². The van der Waals surface area contributed by atoms with E-state index in [9.17, 15) is 14.7 Å². The van der Waals surface area contributed by atoms with E-state index in [-0.39, 0.29) is 56.2 Å². The molecule has 2 amide bonds. The third-order valence-corrected chi connectivity index (χ3v) is 7.11. The number of aromatic nitrogens is 1. The van der Waals surface area contributed by atoms with Crippen LogP contribution in [0.15, 0.2) is 79.1 Å². The molecule has 3 aromatic rings. The predicted molar refractivity (Wildman–Crippen MR) is 142 cm³/mol. The van der Waals surface area contributed by atoms with Crippen LogP contribution in [0, 0.1) is 0 Å². The third kappa shape index (κ3) is 6.45. The van der Waals surface area contributed by atoms with Crippen LogP contribution in [-0.4, -0.2) is 70.9 Å².